The van der Waals surface area contributed by atoms with Crippen LogP contribution < -0.4 is 4.90 Å². The Labute approximate surface area is 307 Å². The molecule has 0 spiro atoms. The molecular formula is C50H33NS. The Hall–Kier alpha value is -6.48. The minimum atomic E-state index is 1.12. The van der Waals surface area contributed by atoms with Gasteiger partial charge in [-0.3, -0.25) is 0 Å². The minimum Gasteiger partial charge on any atom is -0.310 e. The summed E-state index contributed by atoms with van der Waals surface area (Å²) in [6.45, 7) is 0. The first-order valence-electron chi connectivity index (χ1n) is 17.8. The second-order valence-electron chi connectivity index (χ2n) is 13.3. The first kappa shape index (κ1) is 30.4. The third kappa shape index (κ3) is 5.24. The van der Waals surface area contributed by atoms with E-state index >= 15 is 0 Å². The van der Waals surface area contributed by atoms with E-state index in [9.17, 15) is 0 Å². The molecule has 0 aliphatic carbocycles. The number of thiophene rings is 1. The number of rotatable bonds is 6. The van der Waals surface area contributed by atoms with Gasteiger partial charge in [-0.25, -0.2) is 0 Å². The predicted molar refractivity (Wildman–Crippen MR) is 225 cm³/mol. The lowest BCUT2D eigenvalue weighted by molar-refractivity contribution is 1.30. The molecule has 0 unspecified atom stereocenters. The highest BCUT2D eigenvalue weighted by Crippen LogP contribution is 2.46. The van der Waals surface area contributed by atoms with Crippen molar-refractivity contribution in [2.75, 3.05) is 4.90 Å². The van der Waals surface area contributed by atoms with Crippen molar-refractivity contribution in [3.05, 3.63) is 200 Å². The topological polar surface area (TPSA) is 3.24 Å². The van der Waals surface area contributed by atoms with Gasteiger partial charge in [0.05, 0.1) is 5.69 Å². The van der Waals surface area contributed by atoms with Gasteiger partial charge in [-0.15, -0.1) is 11.3 Å². The molecule has 10 aromatic rings. The first-order valence-corrected chi connectivity index (χ1v) is 18.6. The Morgan fingerprint density at radius 2 is 0.827 bits per heavy atom. The summed E-state index contributed by atoms with van der Waals surface area (Å²) < 4.78 is 2.59. The largest absolute Gasteiger partial charge is 0.310 e. The van der Waals surface area contributed by atoms with Crippen LogP contribution in [0.2, 0.25) is 0 Å². The standard InChI is InChI=1S/C50H33NS/c1-2-12-35(13-3-1)45-32-38-15-4-5-16-39(38)33-46(45)37-26-30-41(31-27-37)51(47-21-11-23-49-50(47)44-19-8-9-22-48(44)52-49)40-28-24-36(25-29-40)43-20-10-17-34-14-6-7-18-42(34)43/h1-33H. The van der Waals surface area contributed by atoms with Crippen molar-refractivity contribution < 1.29 is 0 Å². The van der Waals surface area contributed by atoms with Crippen LogP contribution in [0.4, 0.5) is 17.1 Å². The summed E-state index contributed by atoms with van der Waals surface area (Å²) in [6.07, 6.45) is 0. The highest BCUT2D eigenvalue weighted by molar-refractivity contribution is 7.26. The fraction of sp³-hybridized carbons (Fsp3) is 0. The molecule has 0 atom stereocenters. The van der Waals surface area contributed by atoms with Crippen LogP contribution in [0.1, 0.15) is 0 Å². The zero-order valence-corrected chi connectivity index (χ0v) is 29.2. The maximum absolute atomic E-state index is 2.43. The summed E-state index contributed by atoms with van der Waals surface area (Å²) in [5.74, 6) is 0. The SMILES string of the molecule is c1ccc(-c2cc3ccccc3cc2-c2ccc(N(c3ccc(-c4cccc5ccccc45)cc3)c3cccc4sc5ccccc5c34)cc2)cc1. The van der Waals surface area contributed by atoms with Crippen molar-refractivity contribution in [2.24, 2.45) is 0 Å². The van der Waals surface area contributed by atoms with Gasteiger partial charge >= 0.3 is 0 Å². The van der Waals surface area contributed by atoms with Crippen molar-refractivity contribution in [1.29, 1.82) is 0 Å². The summed E-state index contributed by atoms with van der Waals surface area (Å²) in [6, 6.07) is 73.0. The molecule has 1 nitrogen and oxygen atoms in total. The van der Waals surface area contributed by atoms with E-state index in [1.54, 1.807) is 0 Å². The van der Waals surface area contributed by atoms with Crippen molar-refractivity contribution >= 4 is 70.1 Å². The Kier molecular flexibility index (Phi) is 7.41. The predicted octanol–water partition coefficient (Wildman–Crippen LogP) is 14.8. The summed E-state index contributed by atoms with van der Waals surface area (Å²) in [4.78, 5) is 2.43. The molecule has 2 heteroatoms. The molecule has 9 aromatic carbocycles. The molecule has 0 fully saturated rings. The van der Waals surface area contributed by atoms with Crippen LogP contribution in [0.3, 0.4) is 0 Å². The molecule has 10 rings (SSSR count). The lowest BCUT2D eigenvalue weighted by atomic mass is 9.91. The average Bonchev–Trinajstić information content (AvgIpc) is 3.61. The van der Waals surface area contributed by atoms with E-state index < -0.39 is 0 Å². The Bertz CT molecular complexity index is 2880. The number of anilines is 3. The Morgan fingerprint density at radius 3 is 1.52 bits per heavy atom. The molecule has 1 aromatic heterocycles. The number of benzene rings is 9. The van der Waals surface area contributed by atoms with Gasteiger partial charge in [-0.1, -0.05) is 146 Å². The molecule has 244 valence electrons. The Morgan fingerprint density at radius 1 is 0.327 bits per heavy atom. The van der Waals surface area contributed by atoms with Gasteiger partial charge in [0.25, 0.3) is 0 Å². The lowest BCUT2D eigenvalue weighted by Crippen LogP contribution is -2.10. The van der Waals surface area contributed by atoms with Crippen LogP contribution in [0, 0.1) is 0 Å². The first-order chi connectivity index (χ1) is 25.8. The van der Waals surface area contributed by atoms with Crippen LogP contribution in [0.25, 0.3) is 75.1 Å². The lowest BCUT2D eigenvalue weighted by Gasteiger charge is -2.27. The molecule has 1 heterocycles. The monoisotopic (exact) mass is 679 g/mol. The van der Waals surface area contributed by atoms with Gasteiger partial charge in [-0.2, -0.15) is 0 Å². The maximum Gasteiger partial charge on any atom is 0.0554 e. The van der Waals surface area contributed by atoms with Crippen LogP contribution in [0.5, 0.6) is 0 Å². The maximum atomic E-state index is 2.43. The number of hydrogen-bond donors (Lipinski definition) is 0. The summed E-state index contributed by atoms with van der Waals surface area (Å²) in [7, 11) is 0. The third-order valence-corrected chi connectivity index (χ3v) is 11.4. The van der Waals surface area contributed by atoms with Crippen LogP contribution >= 0.6 is 11.3 Å². The molecule has 0 aliphatic rings. The van der Waals surface area contributed by atoms with E-state index in [1.165, 1.54) is 80.8 Å². The van der Waals surface area contributed by atoms with E-state index in [1.807, 2.05) is 11.3 Å². The molecule has 52 heavy (non-hydrogen) atoms. The second kappa shape index (κ2) is 12.7. The van der Waals surface area contributed by atoms with E-state index in [0.29, 0.717) is 0 Å². The molecule has 0 amide bonds. The van der Waals surface area contributed by atoms with Gasteiger partial charge in [-0.05, 0) is 110 Å². The number of hydrogen-bond acceptors (Lipinski definition) is 2. The number of nitrogens with zero attached hydrogens (tertiary/aromatic N) is 1. The quantitative estimate of drug-likeness (QED) is 0.169. The highest BCUT2D eigenvalue weighted by Gasteiger charge is 2.19. The van der Waals surface area contributed by atoms with Crippen LogP contribution in [0.15, 0.2) is 200 Å². The van der Waals surface area contributed by atoms with E-state index in [2.05, 4.69) is 205 Å². The smallest absolute Gasteiger partial charge is 0.0554 e. The fourth-order valence-corrected chi connectivity index (χ4v) is 8.89. The summed E-state index contributed by atoms with van der Waals surface area (Å²) >= 11 is 1.86. The van der Waals surface area contributed by atoms with Gasteiger partial charge in [0.1, 0.15) is 0 Å². The minimum absolute atomic E-state index is 1.12. The van der Waals surface area contributed by atoms with Crippen LogP contribution in [-0.4, -0.2) is 0 Å². The fourth-order valence-electron chi connectivity index (χ4n) is 7.76. The zero-order chi connectivity index (χ0) is 34.4. The average molecular weight is 680 g/mol. The molecule has 0 bridgehead atoms. The van der Waals surface area contributed by atoms with E-state index in [4.69, 9.17) is 0 Å². The van der Waals surface area contributed by atoms with Crippen molar-refractivity contribution in [2.45, 2.75) is 0 Å². The number of fused-ring (bicyclic) bond motifs is 5. The second-order valence-corrected chi connectivity index (χ2v) is 14.4. The van der Waals surface area contributed by atoms with Crippen molar-refractivity contribution in [3.63, 3.8) is 0 Å². The molecule has 0 radical (unpaired) electrons. The van der Waals surface area contributed by atoms with Crippen molar-refractivity contribution in [1.82, 2.24) is 0 Å². The van der Waals surface area contributed by atoms with Crippen molar-refractivity contribution in [3.8, 4) is 33.4 Å². The Balaban J connectivity index is 1.13. The summed E-state index contributed by atoms with van der Waals surface area (Å²) in [5.41, 5.74) is 10.7. The molecular weight excluding hydrogens is 647 g/mol. The molecule has 0 aliphatic heterocycles. The zero-order valence-electron chi connectivity index (χ0n) is 28.4. The molecule has 0 saturated heterocycles. The van der Waals surface area contributed by atoms with Gasteiger partial charge in [0.15, 0.2) is 0 Å². The van der Waals surface area contributed by atoms with Gasteiger partial charge in [0.2, 0.25) is 0 Å². The van der Waals surface area contributed by atoms with Gasteiger partial charge in [0, 0.05) is 31.5 Å². The van der Waals surface area contributed by atoms with E-state index in [0.717, 1.165) is 11.4 Å². The van der Waals surface area contributed by atoms with Gasteiger partial charge < -0.3 is 4.90 Å². The third-order valence-electron chi connectivity index (χ3n) is 10.3. The highest BCUT2D eigenvalue weighted by atomic mass is 32.1. The van der Waals surface area contributed by atoms with E-state index in [-0.39, 0.29) is 0 Å². The normalized spacial score (nSPS) is 11.5. The molecule has 0 N–H and O–H groups in total. The molecule has 0 saturated carbocycles. The summed E-state index contributed by atoms with van der Waals surface area (Å²) in [5, 5.41) is 7.58. The van der Waals surface area contributed by atoms with Crippen LogP contribution in [-0.2, 0) is 0 Å².